The minimum atomic E-state index is -3.44. The Balaban J connectivity index is 2.04. The highest BCUT2D eigenvalue weighted by Gasteiger charge is 2.21. The summed E-state index contributed by atoms with van der Waals surface area (Å²) in [6.45, 7) is 4.08. The van der Waals surface area contributed by atoms with E-state index in [-0.39, 0.29) is 0 Å². The molecule has 1 aliphatic carbocycles. The Morgan fingerprint density at radius 2 is 2.10 bits per heavy atom. The van der Waals surface area contributed by atoms with Crippen LogP contribution in [0.5, 0.6) is 0 Å². The summed E-state index contributed by atoms with van der Waals surface area (Å²) < 4.78 is 27.3. The lowest BCUT2D eigenvalue weighted by Gasteiger charge is -2.25. The molecule has 0 radical (unpaired) electrons. The van der Waals surface area contributed by atoms with Crippen molar-refractivity contribution in [3.63, 3.8) is 0 Å². The highest BCUT2D eigenvalue weighted by Crippen LogP contribution is 2.26. The quantitative estimate of drug-likeness (QED) is 0.720. The van der Waals surface area contributed by atoms with E-state index in [0.717, 1.165) is 31.4 Å². The van der Waals surface area contributed by atoms with Crippen LogP contribution in [0.3, 0.4) is 0 Å². The monoisotopic (exact) mass is 330 g/mol. The molecule has 118 valence electrons. The van der Waals surface area contributed by atoms with Gasteiger partial charge in [0.2, 0.25) is 10.0 Å². The molecule has 0 bridgehead atoms. The summed E-state index contributed by atoms with van der Waals surface area (Å²) in [6.07, 6.45) is 4.48. The molecule has 0 spiro atoms. The Morgan fingerprint density at radius 1 is 1.33 bits per heavy atom. The van der Waals surface area contributed by atoms with Crippen molar-refractivity contribution in [1.29, 1.82) is 0 Å². The van der Waals surface area contributed by atoms with E-state index in [1.807, 2.05) is 0 Å². The molecule has 21 heavy (non-hydrogen) atoms. The lowest BCUT2D eigenvalue weighted by Crippen LogP contribution is -2.32. The van der Waals surface area contributed by atoms with Gasteiger partial charge in [0.25, 0.3) is 0 Å². The molecule has 1 fully saturated rings. The molecule has 2 rings (SSSR count). The topological polar surface area (TPSA) is 58.2 Å². The van der Waals surface area contributed by atoms with Gasteiger partial charge in [0.1, 0.15) is 0 Å². The fraction of sp³-hybridized carbons (Fsp3) is 0.600. The highest BCUT2D eigenvalue weighted by atomic mass is 35.5. The van der Waals surface area contributed by atoms with Crippen molar-refractivity contribution in [3.8, 4) is 0 Å². The third kappa shape index (κ3) is 4.68. The first kappa shape index (κ1) is 16.7. The van der Waals surface area contributed by atoms with Crippen molar-refractivity contribution in [1.82, 2.24) is 10.0 Å². The average Bonchev–Trinajstić information content (AvgIpc) is 2.39. The minimum Gasteiger partial charge on any atom is -0.313 e. The van der Waals surface area contributed by atoms with Crippen LogP contribution in [0.1, 0.15) is 38.2 Å². The van der Waals surface area contributed by atoms with Crippen LogP contribution in [0, 0.1) is 5.92 Å². The first-order valence-electron chi connectivity index (χ1n) is 7.51. The predicted molar refractivity (Wildman–Crippen MR) is 86.0 cm³/mol. The fourth-order valence-corrected chi connectivity index (χ4v) is 3.61. The predicted octanol–water partition coefficient (Wildman–Crippen LogP) is 2.92. The molecule has 1 aromatic rings. The Kier molecular flexibility index (Phi) is 6.05. The van der Waals surface area contributed by atoms with Gasteiger partial charge in [-0.15, -0.1) is 0 Å². The molecule has 1 saturated carbocycles. The van der Waals surface area contributed by atoms with Gasteiger partial charge in [-0.25, -0.2) is 13.1 Å². The second kappa shape index (κ2) is 7.58. The SMILES string of the molecule is CCCNCc1cc(S(=O)(=O)NCC2CCC2)ccc1Cl. The maximum absolute atomic E-state index is 12.3. The molecule has 6 heteroatoms. The van der Waals surface area contributed by atoms with Gasteiger partial charge in [-0.1, -0.05) is 24.9 Å². The smallest absolute Gasteiger partial charge is 0.240 e. The number of sulfonamides is 1. The first-order chi connectivity index (χ1) is 10.0. The normalized spacial score (nSPS) is 15.9. The molecule has 4 nitrogen and oxygen atoms in total. The molecule has 0 amide bonds. The second-order valence-corrected chi connectivity index (χ2v) is 7.75. The maximum atomic E-state index is 12.3. The van der Waals surface area contributed by atoms with Gasteiger partial charge in [0.15, 0.2) is 0 Å². The summed E-state index contributed by atoms with van der Waals surface area (Å²) >= 11 is 6.13. The van der Waals surface area contributed by atoms with Gasteiger partial charge in [-0.05, 0) is 55.5 Å². The van der Waals surface area contributed by atoms with E-state index >= 15 is 0 Å². The molecular weight excluding hydrogens is 308 g/mol. The van der Waals surface area contributed by atoms with Crippen LogP contribution >= 0.6 is 11.6 Å². The Labute approximate surface area is 132 Å². The van der Waals surface area contributed by atoms with Gasteiger partial charge < -0.3 is 5.32 Å². The standard InChI is InChI=1S/C15H23ClN2O2S/c1-2-8-17-11-13-9-14(6-7-15(13)16)21(19,20)18-10-12-4-3-5-12/h6-7,9,12,17-18H,2-5,8,10-11H2,1H3. The highest BCUT2D eigenvalue weighted by molar-refractivity contribution is 7.89. The maximum Gasteiger partial charge on any atom is 0.240 e. The molecule has 0 aliphatic heterocycles. The molecule has 0 aromatic heterocycles. The molecule has 0 unspecified atom stereocenters. The summed E-state index contributed by atoms with van der Waals surface area (Å²) in [5.74, 6) is 0.498. The van der Waals surface area contributed by atoms with Crippen molar-refractivity contribution in [2.75, 3.05) is 13.1 Å². The molecule has 1 aromatic carbocycles. The van der Waals surface area contributed by atoms with Crippen LogP contribution in [-0.2, 0) is 16.6 Å². The van der Waals surface area contributed by atoms with Crippen molar-refractivity contribution in [3.05, 3.63) is 28.8 Å². The zero-order valence-electron chi connectivity index (χ0n) is 12.4. The average molecular weight is 331 g/mol. The number of hydrogen-bond donors (Lipinski definition) is 2. The zero-order chi connectivity index (χ0) is 15.3. The molecule has 0 saturated heterocycles. The van der Waals surface area contributed by atoms with Crippen molar-refractivity contribution < 1.29 is 8.42 Å². The van der Waals surface area contributed by atoms with E-state index in [1.165, 1.54) is 6.42 Å². The molecule has 2 N–H and O–H groups in total. The molecular formula is C15H23ClN2O2S. The van der Waals surface area contributed by atoms with Crippen LogP contribution in [-0.4, -0.2) is 21.5 Å². The van der Waals surface area contributed by atoms with Crippen LogP contribution in [0.15, 0.2) is 23.1 Å². The zero-order valence-corrected chi connectivity index (χ0v) is 13.9. The Hall–Kier alpha value is -0.620. The van der Waals surface area contributed by atoms with E-state index < -0.39 is 10.0 Å². The van der Waals surface area contributed by atoms with Crippen LogP contribution in [0.4, 0.5) is 0 Å². The number of nitrogens with one attached hydrogen (secondary N) is 2. The Bertz CT molecular complexity index is 571. The number of halogens is 1. The van der Waals surface area contributed by atoms with E-state index in [9.17, 15) is 8.42 Å². The number of benzene rings is 1. The summed E-state index contributed by atoms with van der Waals surface area (Å²) in [5.41, 5.74) is 0.816. The summed E-state index contributed by atoms with van der Waals surface area (Å²) in [4.78, 5) is 0.291. The Morgan fingerprint density at radius 3 is 2.71 bits per heavy atom. The third-order valence-electron chi connectivity index (χ3n) is 3.86. The first-order valence-corrected chi connectivity index (χ1v) is 9.38. The fourth-order valence-electron chi connectivity index (χ4n) is 2.26. The summed E-state index contributed by atoms with van der Waals surface area (Å²) in [5, 5.41) is 3.83. The van der Waals surface area contributed by atoms with Crippen molar-refractivity contribution in [2.24, 2.45) is 5.92 Å². The lowest BCUT2D eigenvalue weighted by atomic mass is 9.86. The largest absolute Gasteiger partial charge is 0.313 e. The van der Waals surface area contributed by atoms with E-state index in [2.05, 4.69) is 17.0 Å². The van der Waals surface area contributed by atoms with E-state index in [0.29, 0.717) is 28.9 Å². The van der Waals surface area contributed by atoms with Gasteiger partial charge in [0.05, 0.1) is 4.90 Å². The minimum absolute atomic E-state index is 0.291. The van der Waals surface area contributed by atoms with Gasteiger partial charge in [-0.2, -0.15) is 0 Å². The second-order valence-electron chi connectivity index (χ2n) is 5.58. The lowest BCUT2D eigenvalue weighted by molar-refractivity contribution is 0.316. The summed E-state index contributed by atoms with van der Waals surface area (Å²) in [6, 6.07) is 4.88. The molecule has 0 atom stereocenters. The van der Waals surface area contributed by atoms with Crippen LogP contribution < -0.4 is 10.0 Å². The third-order valence-corrected chi connectivity index (χ3v) is 5.65. The number of hydrogen-bond acceptors (Lipinski definition) is 3. The van der Waals surface area contributed by atoms with Gasteiger partial charge in [-0.3, -0.25) is 0 Å². The molecule has 0 heterocycles. The van der Waals surface area contributed by atoms with Gasteiger partial charge >= 0.3 is 0 Å². The van der Waals surface area contributed by atoms with Crippen molar-refractivity contribution in [2.45, 2.75) is 44.0 Å². The van der Waals surface area contributed by atoms with E-state index in [4.69, 9.17) is 11.6 Å². The van der Waals surface area contributed by atoms with Gasteiger partial charge in [0, 0.05) is 18.1 Å². The van der Waals surface area contributed by atoms with Crippen LogP contribution in [0.2, 0.25) is 5.02 Å². The summed E-state index contributed by atoms with van der Waals surface area (Å²) in [7, 11) is -3.44. The van der Waals surface area contributed by atoms with Crippen molar-refractivity contribution >= 4 is 21.6 Å². The van der Waals surface area contributed by atoms with Crippen LogP contribution in [0.25, 0.3) is 0 Å². The number of rotatable bonds is 8. The molecule has 1 aliphatic rings. The van der Waals surface area contributed by atoms with E-state index in [1.54, 1.807) is 18.2 Å².